The molecule has 1 heterocycles. The first-order valence-electron chi connectivity index (χ1n) is 16.1. The number of carbonyl (C=O) groups is 9. The van der Waals surface area contributed by atoms with Crippen LogP contribution in [0, 0.1) is 0 Å². The zero-order valence-corrected chi connectivity index (χ0v) is 28.4. The molecule has 21 heteroatoms. The van der Waals surface area contributed by atoms with Gasteiger partial charge in [-0.1, -0.05) is 30.3 Å². The highest BCUT2D eigenvalue weighted by Gasteiger charge is 2.34. The smallest absolute Gasteiger partial charge is 0.326 e. The van der Waals surface area contributed by atoms with Crippen molar-refractivity contribution in [3.8, 4) is 0 Å². The predicted molar refractivity (Wildman–Crippen MR) is 179 cm³/mol. The molecule has 0 bridgehead atoms. The molecule has 0 saturated heterocycles. The van der Waals surface area contributed by atoms with Gasteiger partial charge in [-0.05, 0) is 25.3 Å². The lowest BCUT2D eigenvalue weighted by Crippen LogP contribution is -2.60. The van der Waals surface area contributed by atoms with E-state index in [2.05, 4.69) is 36.6 Å². The Morgan fingerprint density at radius 1 is 0.642 bits per heavy atom. The van der Waals surface area contributed by atoms with E-state index in [1.807, 2.05) is 0 Å². The van der Waals surface area contributed by atoms with Crippen LogP contribution in [-0.4, -0.2) is 120 Å². The summed E-state index contributed by atoms with van der Waals surface area (Å²) in [6, 6.07) is -1.09. The van der Waals surface area contributed by atoms with Crippen LogP contribution in [0.5, 0.6) is 0 Å². The number of carboxylic acids is 4. The molecule has 0 spiro atoms. The Bertz CT molecular complexity index is 1620. The molecule has 0 aliphatic heterocycles. The molecule has 2 aromatic rings. The van der Waals surface area contributed by atoms with Gasteiger partial charge in [0, 0.05) is 37.6 Å². The van der Waals surface area contributed by atoms with Crippen molar-refractivity contribution in [3.63, 3.8) is 0 Å². The van der Waals surface area contributed by atoms with Gasteiger partial charge in [-0.2, -0.15) is 0 Å². The lowest BCUT2D eigenvalue weighted by atomic mass is 10.0. The monoisotopic (exact) mass is 746 g/mol. The summed E-state index contributed by atoms with van der Waals surface area (Å²) in [5.41, 5.74) is 6.37. The van der Waals surface area contributed by atoms with E-state index in [-0.39, 0.29) is 18.5 Å². The van der Waals surface area contributed by atoms with Crippen LogP contribution in [0.1, 0.15) is 50.3 Å². The molecular weight excluding hydrogens is 704 g/mol. The third-order valence-electron chi connectivity index (χ3n) is 7.49. The molecule has 53 heavy (non-hydrogen) atoms. The summed E-state index contributed by atoms with van der Waals surface area (Å²) in [7, 11) is 0. The SMILES string of the molecule is C[C@H](N)C(=O)N[C@@H](CCC(=O)O)C(=O)N[C@@H](Cc1cnc[nH]1)C(=O)N[C@@H](CC(=O)O)C(=O)N[C@@H](CCC(=O)O)C(=O)N[C@@H](Cc1ccccc1)C(=O)O. The Hall–Kier alpha value is -6.38. The number of nitrogens with one attached hydrogen (secondary N) is 6. The molecule has 1 aromatic carbocycles. The predicted octanol–water partition coefficient (Wildman–Crippen LogP) is -2.75. The van der Waals surface area contributed by atoms with Crippen LogP contribution in [0.15, 0.2) is 42.9 Å². The molecule has 0 aliphatic carbocycles. The fourth-order valence-corrected chi connectivity index (χ4v) is 4.72. The van der Waals surface area contributed by atoms with Crippen LogP contribution in [0.4, 0.5) is 0 Å². The van der Waals surface area contributed by atoms with Crippen LogP contribution in [-0.2, 0) is 56.0 Å². The van der Waals surface area contributed by atoms with Crippen molar-refractivity contribution in [2.45, 2.75) is 88.1 Å². The van der Waals surface area contributed by atoms with Gasteiger partial charge < -0.3 is 57.7 Å². The summed E-state index contributed by atoms with van der Waals surface area (Å²) >= 11 is 0. The van der Waals surface area contributed by atoms with Crippen molar-refractivity contribution < 1.29 is 63.6 Å². The fourth-order valence-electron chi connectivity index (χ4n) is 4.72. The van der Waals surface area contributed by atoms with Crippen LogP contribution < -0.4 is 32.3 Å². The molecule has 2 rings (SSSR count). The first-order chi connectivity index (χ1) is 25.0. The number of aromatic amines is 1. The Balaban J connectivity index is 2.33. The number of nitrogens with zero attached hydrogens (tertiary/aromatic N) is 1. The average Bonchev–Trinajstić information content (AvgIpc) is 3.60. The van der Waals surface area contributed by atoms with E-state index in [1.165, 1.54) is 19.4 Å². The van der Waals surface area contributed by atoms with Gasteiger partial charge in [0.15, 0.2) is 0 Å². The second kappa shape index (κ2) is 21.1. The second-order valence-electron chi connectivity index (χ2n) is 11.9. The summed E-state index contributed by atoms with van der Waals surface area (Å²) in [6.07, 6.45) is -1.21. The van der Waals surface area contributed by atoms with Gasteiger partial charge in [-0.25, -0.2) is 9.78 Å². The summed E-state index contributed by atoms with van der Waals surface area (Å²) in [4.78, 5) is 119. The Morgan fingerprint density at radius 2 is 1.11 bits per heavy atom. The first kappa shape index (κ1) is 42.8. The van der Waals surface area contributed by atoms with E-state index in [1.54, 1.807) is 30.3 Å². The number of H-pyrrole nitrogens is 1. The van der Waals surface area contributed by atoms with Gasteiger partial charge in [-0.3, -0.25) is 38.4 Å². The number of carboxylic acid groups (broad SMARTS) is 4. The molecule has 6 atom stereocenters. The Morgan fingerprint density at radius 3 is 1.58 bits per heavy atom. The van der Waals surface area contributed by atoms with Gasteiger partial charge in [0.25, 0.3) is 0 Å². The maximum atomic E-state index is 13.6. The van der Waals surface area contributed by atoms with Crippen molar-refractivity contribution in [1.82, 2.24) is 36.6 Å². The highest BCUT2D eigenvalue weighted by molar-refractivity contribution is 5.97. The second-order valence-corrected chi connectivity index (χ2v) is 11.9. The minimum atomic E-state index is -1.93. The van der Waals surface area contributed by atoms with Crippen LogP contribution >= 0.6 is 0 Å². The number of aliphatic carboxylic acids is 4. The fraction of sp³-hybridized carbons (Fsp3) is 0.438. The number of amides is 5. The van der Waals surface area contributed by atoms with Gasteiger partial charge in [-0.15, -0.1) is 0 Å². The minimum Gasteiger partial charge on any atom is -0.481 e. The molecule has 12 N–H and O–H groups in total. The molecule has 5 amide bonds. The van der Waals surface area contributed by atoms with E-state index in [4.69, 9.17) is 10.8 Å². The number of rotatable bonds is 23. The maximum Gasteiger partial charge on any atom is 0.326 e. The zero-order valence-electron chi connectivity index (χ0n) is 28.4. The van der Waals surface area contributed by atoms with Gasteiger partial charge in [0.2, 0.25) is 29.5 Å². The molecular formula is C32H42N8O13. The largest absolute Gasteiger partial charge is 0.481 e. The van der Waals surface area contributed by atoms with Gasteiger partial charge in [0.05, 0.1) is 18.8 Å². The third kappa shape index (κ3) is 15.6. The van der Waals surface area contributed by atoms with E-state index in [9.17, 15) is 58.5 Å². The number of benzene rings is 1. The van der Waals surface area contributed by atoms with E-state index >= 15 is 0 Å². The minimum absolute atomic E-state index is 0.172. The Kier molecular flexibility index (Phi) is 17.0. The zero-order chi connectivity index (χ0) is 39.7. The summed E-state index contributed by atoms with van der Waals surface area (Å²) in [5.74, 6) is -11.0. The summed E-state index contributed by atoms with van der Waals surface area (Å²) in [6.45, 7) is 1.31. The molecule has 1 aromatic heterocycles. The molecule has 0 fully saturated rings. The van der Waals surface area contributed by atoms with Crippen LogP contribution in [0.3, 0.4) is 0 Å². The summed E-state index contributed by atoms with van der Waals surface area (Å²) < 4.78 is 0. The van der Waals surface area contributed by atoms with Crippen molar-refractivity contribution in [2.75, 3.05) is 0 Å². The van der Waals surface area contributed by atoms with E-state index in [0.29, 0.717) is 5.56 Å². The highest BCUT2D eigenvalue weighted by atomic mass is 16.4. The topological polar surface area (TPSA) is 349 Å². The van der Waals surface area contributed by atoms with Crippen LogP contribution in [0.2, 0.25) is 0 Å². The maximum absolute atomic E-state index is 13.6. The molecule has 0 aliphatic rings. The lowest BCUT2D eigenvalue weighted by molar-refractivity contribution is -0.143. The standard InChI is InChI=1S/C32H42N8O13/c1-16(33)27(47)36-19(7-9-24(41)42)28(48)38-21(12-18-14-34-15-35-18)30(50)39-22(13-26(45)46)31(51)37-20(8-10-25(43)44)29(49)40-23(32(52)53)11-17-5-3-2-4-6-17/h2-6,14-16,19-23H,7-13,33H2,1H3,(H,34,35)(H,36,47)(H,37,51)(H,38,48)(H,39,50)(H,40,49)(H,41,42)(H,43,44)(H,45,46)(H,52,53)/t16-,19-,20-,21-,22-,23-/m0/s1. The quantitative estimate of drug-likeness (QED) is 0.0549. The van der Waals surface area contributed by atoms with Crippen LogP contribution in [0.25, 0.3) is 0 Å². The van der Waals surface area contributed by atoms with Crippen molar-refractivity contribution in [2.24, 2.45) is 5.73 Å². The van der Waals surface area contributed by atoms with Gasteiger partial charge >= 0.3 is 23.9 Å². The molecule has 0 radical (unpaired) electrons. The average molecular weight is 747 g/mol. The number of imidazole rings is 1. The first-order valence-corrected chi connectivity index (χ1v) is 16.1. The normalized spacial score (nSPS) is 14.2. The molecule has 0 saturated carbocycles. The number of hydrogen-bond donors (Lipinski definition) is 11. The highest BCUT2D eigenvalue weighted by Crippen LogP contribution is 2.08. The molecule has 21 nitrogen and oxygen atoms in total. The lowest BCUT2D eigenvalue weighted by Gasteiger charge is -2.26. The van der Waals surface area contributed by atoms with Crippen molar-refractivity contribution in [3.05, 3.63) is 54.1 Å². The van der Waals surface area contributed by atoms with Gasteiger partial charge in [0.1, 0.15) is 30.2 Å². The molecule has 0 unspecified atom stereocenters. The van der Waals surface area contributed by atoms with E-state index < -0.39 is 122 Å². The molecule has 288 valence electrons. The van der Waals surface area contributed by atoms with E-state index in [0.717, 1.165) is 0 Å². The Labute approximate surface area is 301 Å². The number of hydrogen-bond acceptors (Lipinski definition) is 11. The number of aromatic nitrogens is 2. The number of nitrogens with two attached hydrogens (primary N) is 1. The summed E-state index contributed by atoms with van der Waals surface area (Å²) in [5, 5.41) is 48.9. The van der Waals surface area contributed by atoms with Crippen molar-refractivity contribution in [1.29, 1.82) is 0 Å². The van der Waals surface area contributed by atoms with Crippen molar-refractivity contribution >= 4 is 53.4 Å². The third-order valence-corrected chi connectivity index (χ3v) is 7.49. The number of carbonyl (C=O) groups excluding carboxylic acids is 5.